The highest BCUT2D eigenvalue weighted by Crippen LogP contribution is 2.29. The van der Waals surface area contributed by atoms with Crippen molar-refractivity contribution in [3.05, 3.63) is 27.2 Å². The number of rotatable bonds is 14. The highest BCUT2D eigenvalue weighted by molar-refractivity contribution is 7.88. The molecule has 0 aromatic carbocycles. The number of aromatic nitrogens is 4. The Kier molecular flexibility index (Phi) is 11.5. The molecule has 0 amide bonds. The van der Waals surface area contributed by atoms with Gasteiger partial charge in [-0.25, -0.2) is 18.2 Å². The molecule has 0 radical (unpaired) electrons. The number of carbonyl (C=O) groups excluding carboxylic acids is 2. The first-order valence-corrected chi connectivity index (χ1v) is 15.8. The molecule has 16 heteroatoms. The van der Waals surface area contributed by atoms with Gasteiger partial charge in [-0.3, -0.25) is 23.5 Å². The summed E-state index contributed by atoms with van der Waals surface area (Å²) >= 11 is 0. The molecule has 0 bridgehead atoms. The van der Waals surface area contributed by atoms with Crippen LogP contribution in [0.25, 0.3) is 11.2 Å². The van der Waals surface area contributed by atoms with Gasteiger partial charge in [-0.15, -0.1) is 0 Å². The van der Waals surface area contributed by atoms with Crippen LogP contribution in [-0.4, -0.2) is 82.5 Å². The second kappa shape index (κ2) is 14.4. The average Bonchev–Trinajstić information content (AvgIpc) is 3.28. The SMILES string of the molecule is CCCCCCCCO[C@H]1[C@H](OC(C)=O)[C@@H](Cn2c(=O)c3c(ncn3C)n(C)c2=O)OC(NS(C)(=O)=O)[C@@H]1OC(C)=O. The Balaban J connectivity index is 2.04. The molecule has 15 nitrogen and oxygen atoms in total. The minimum atomic E-state index is -3.92. The highest BCUT2D eigenvalue weighted by atomic mass is 32.2. The van der Waals surface area contributed by atoms with Gasteiger partial charge in [0.25, 0.3) is 5.56 Å². The molecule has 1 unspecified atom stereocenters. The van der Waals surface area contributed by atoms with E-state index in [0.29, 0.717) is 6.42 Å². The number of nitrogens with one attached hydrogen (secondary N) is 1. The molecule has 0 aliphatic carbocycles. The number of carbonyl (C=O) groups is 2. The second-order valence-corrected chi connectivity index (χ2v) is 12.3. The van der Waals surface area contributed by atoms with E-state index in [1.54, 1.807) is 7.05 Å². The molecule has 236 valence electrons. The topological polar surface area (TPSA) is 179 Å². The van der Waals surface area contributed by atoms with Gasteiger partial charge in [-0.05, 0) is 6.42 Å². The van der Waals surface area contributed by atoms with Gasteiger partial charge < -0.3 is 23.5 Å². The number of esters is 2. The van der Waals surface area contributed by atoms with Crippen molar-refractivity contribution in [1.82, 2.24) is 23.4 Å². The Morgan fingerprint density at radius 1 is 1.00 bits per heavy atom. The summed E-state index contributed by atoms with van der Waals surface area (Å²) in [5.41, 5.74) is -1.05. The number of sulfonamides is 1. The van der Waals surface area contributed by atoms with Gasteiger partial charge in [-0.1, -0.05) is 39.0 Å². The van der Waals surface area contributed by atoms with Crippen molar-refractivity contribution < 1.29 is 37.0 Å². The number of aryl methyl sites for hydroxylation is 2. The molecule has 3 rings (SSSR count). The van der Waals surface area contributed by atoms with Crippen LogP contribution in [0.4, 0.5) is 0 Å². The summed E-state index contributed by atoms with van der Waals surface area (Å²) in [6.07, 6.45) is 1.55. The van der Waals surface area contributed by atoms with Crippen molar-refractivity contribution >= 4 is 33.1 Å². The Morgan fingerprint density at radius 2 is 1.62 bits per heavy atom. The lowest BCUT2D eigenvalue weighted by molar-refractivity contribution is -0.254. The van der Waals surface area contributed by atoms with Crippen LogP contribution in [-0.2, 0) is 59.2 Å². The molecule has 42 heavy (non-hydrogen) atoms. The molecular weight excluding hydrogens is 574 g/mol. The van der Waals surface area contributed by atoms with E-state index in [2.05, 4.69) is 16.6 Å². The van der Waals surface area contributed by atoms with E-state index in [-0.39, 0.29) is 17.8 Å². The number of hydrogen-bond donors (Lipinski definition) is 1. The molecule has 2 aromatic heterocycles. The lowest BCUT2D eigenvalue weighted by Crippen LogP contribution is -2.66. The van der Waals surface area contributed by atoms with Gasteiger partial charge >= 0.3 is 17.6 Å². The van der Waals surface area contributed by atoms with E-state index >= 15 is 0 Å². The van der Waals surface area contributed by atoms with Gasteiger partial charge in [0.2, 0.25) is 10.0 Å². The highest BCUT2D eigenvalue weighted by Gasteiger charge is 2.51. The number of imidazole rings is 1. The van der Waals surface area contributed by atoms with Crippen molar-refractivity contribution in [2.75, 3.05) is 12.9 Å². The van der Waals surface area contributed by atoms with Gasteiger partial charge in [0.1, 0.15) is 12.2 Å². The third kappa shape index (κ3) is 8.26. The molecule has 0 spiro atoms. The summed E-state index contributed by atoms with van der Waals surface area (Å²) in [6.45, 7) is 4.18. The number of fused-ring (bicyclic) bond motifs is 1. The van der Waals surface area contributed by atoms with Gasteiger partial charge in [0.15, 0.2) is 29.6 Å². The Bertz CT molecular complexity index is 1480. The second-order valence-electron chi connectivity index (χ2n) is 10.5. The molecule has 1 fully saturated rings. The summed E-state index contributed by atoms with van der Waals surface area (Å²) < 4.78 is 53.6. The maximum atomic E-state index is 13.4. The summed E-state index contributed by atoms with van der Waals surface area (Å²) in [6, 6.07) is 0. The van der Waals surface area contributed by atoms with E-state index in [9.17, 15) is 27.6 Å². The minimum Gasteiger partial charge on any atom is -0.457 e. The van der Waals surface area contributed by atoms with Crippen LogP contribution >= 0.6 is 0 Å². The third-order valence-corrected chi connectivity index (χ3v) is 7.60. The molecule has 1 aliphatic heterocycles. The average molecular weight is 616 g/mol. The lowest BCUT2D eigenvalue weighted by Gasteiger charge is -2.45. The zero-order valence-electron chi connectivity index (χ0n) is 24.9. The normalized spacial score (nSPS) is 22.8. The summed E-state index contributed by atoms with van der Waals surface area (Å²) in [4.78, 5) is 55.1. The number of hydrogen-bond acceptors (Lipinski definition) is 11. The molecule has 1 N–H and O–H groups in total. The fourth-order valence-electron chi connectivity index (χ4n) is 5.05. The minimum absolute atomic E-state index is 0.149. The molecule has 3 heterocycles. The van der Waals surface area contributed by atoms with Crippen LogP contribution in [0.5, 0.6) is 0 Å². The molecule has 0 saturated carbocycles. The van der Waals surface area contributed by atoms with E-state index in [1.807, 2.05) is 0 Å². The van der Waals surface area contributed by atoms with Crippen molar-refractivity contribution in [1.29, 1.82) is 0 Å². The van der Waals surface area contributed by atoms with Crippen molar-refractivity contribution in [3.8, 4) is 0 Å². The molecule has 1 aliphatic rings. The maximum absolute atomic E-state index is 13.4. The number of ether oxygens (including phenoxy) is 4. The van der Waals surface area contributed by atoms with Crippen molar-refractivity contribution in [3.63, 3.8) is 0 Å². The smallest absolute Gasteiger partial charge is 0.332 e. The Hall–Kier alpha value is -3.08. The molecule has 2 aromatic rings. The van der Waals surface area contributed by atoms with E-state index in [4.69, 9.17) is 18.9 Å². The standard InChI is InChI=1S/C26H41N5O10S/c1-7-8-9-10-11-12-13-38-21-20(39-16(2)32)18(41-24(28-42(6,36)37)22(21)40-17(3)33)14-31-25(34)19-23(27-15-29(19)4)30(5)26(31)35/h15,18,20-22,24,28H,7-14H2,1-6H3/t18-,20-,21+,22-,24?/m1/s1. The fourth-order valence-corrected chi connectivity index (χ4v) is 5.66. The van der Waals surface area contributed by atoms with Crippen LogP contribution in [0.1, 0.15) is 59.3 Å². The first-order chi connectivity index (χ1) is 19.7. The van der Waals surface area contributed by atoms with Gasteiger partial charge in [0, 0.05) is 34.5 Å². The van der Waals surface area contributed by atoms with Gasteiger partial charge in [-0.2, -0.15) is 4.72 Å². The van der Waals surface area contributed by atoms with Crippen LogP contribution in [0.3, 0.4) is 0 Å². The first kappa shape index (κ1) is 33.4. The monoisotopic (exact) mass is 615 g/mol. The summed E-state index contributed by atoms with van der Waals surface area (Å²) in [5.74, 6) is -1.47. The van der Waals surface area contributed by atoms with Crippen molar-refractivity contribution in [2.45, 2.75) is 96.5 Å². The quantitative estimate of drug-likeness (QED) is 0.228. The van der Waals surface area contributed by atoms with E-state index in [1.165, 1.54) is 22.5 Å². The molecular formula is C26H41N5O10S. The summed E-state index contributed by atoms with van der Waals surface area (Å²) in [7, 11) is -0.858. The number of unbranched alkanes of at least 4 members (excludes halogenated alkanes) is 5. The molecule has 5 atom stereocenters. The Morgan fingerprint density at radius 3 is 2.24 bits per heavy atom. The number of nitrogens with zero attached hydrogens (tertiary/aromatic N) is 4. The zero-order valence-corrected chi connectivity index (χ0v) is 25.7. The van der Waals surface area contributed by atoms with Crippen LogP contribution in [0.15, 0.2) is 15.9 Å². The molecule has 1 saturated heterocycles. The predicted octanol–water partition coefficient (Wildman–Crippen LogP) is 0.317. The van der Waals surface area contributed by atoms with Crippen LogP contribution < -0.4 is 16.0 Å². The largest absolute Gasteiger partial charge is 0.457 e. The summed E-state index contributed by atoms with van der Waals surface area (Å²) in [5, 5.41) is 0. The third-order valence-electron chi connectivity index (χ3n) is 6.94. The van der Waals surface area contributed by atoms with Gasteiger partial charge in [0.05, 0.1) is 19.1 Å². The maximum Gasteiger partial charge on any atom is 0.332 e. The zero-order chi connectivity index (χ0) is 31.2. The van der Waals surface area contributed by atoms with Crippen LogP contribution in [0, 0.1) is 0 Å². The van der Waals surface area contributed by atoms with E-state index in [0.717, 1.165) is 56.8 Å². The van der Waals surface area contributed by atoms with Crippen molar-refractivity contribution in [2.24, 2.45) is 14.1 Å². The lowest BCUT2D eigenvalue weighted by atomic mass is 9.97. The van der Waals surface area contributed by atoms with E-state index < -0.39 is 70.4 Å². The van der Waals surface area contributed by atoms with Crippen LogP contribution in [0.2, 0.25) is 0 Å². The Labute approximate surface area is 244 Å². The first-order valence-electron chi connectivity index (χ1n) is 13.9. The predicted molar refractivity (Wildman–Crippen MR) is 151 cm³/mol. The fraction of sp³-hybridized carbons (Fsp3) is 0.731.